The lowest BCUT2D eigenvalue weighted by Gasteiger charge is -2.27. The Morgan fingerprint density at radius 1 is 1.27 bits per heavy atom. The number of aryl methyl sites for hydroxylation is 2. The lowest BCUT2D eigenvalue weighted by molar-refractivity contribution is 0.0932. The zero-order valence-electron chi connectivity index (χ0n) is 12.5. The molecule has 3 nitrogen and oxygen atoms in total. The monoisotopic (exact) mass is 298 g/mol. The van der Waals surface area contributed by atoms with Crippen molar-refractivity contribution in [2.75, 3.05) is 5.73 Å². The molecule has 114 valence electrons. The SMILES string of the molecule is Cc1cc(F)ccc1C(=O)NC1CCCc2cc(N)ccc21. The van der Waals surface area contributed by atoms with Crippen LogP contribution in [0.3, 0.4) is 0 Å². The summed E-state index contributed by atoms with van der Waals surface area (Å²) in [5.41, 5.74) is 10.1. The average Bonchev–Trinajstić information content (AvgIpc) is 2.47. The van der Waals surface area contributed by atoms with Crippen molar-refractivity contribution in [3.8, 4) is 0 Å². The number of anilines is 1. The zero-order chi connectivity index (χ0) is 15.7. The molecule has 1 aliphatic rings. The molecule has 3 N–H and O–H groups in total. The fourth-order valence-electron chi connectivity index (χ4n) is 3.10. The van der Waals surface area contributed by atoms with Crippen LogP contribution in [0.2, 0.25) is 0 Å². The Morgan fingerprint density at radius 2 is 2.09 bits per heavy atom. The first-order chi connectivity index (χ1) is 10.5. The molecule has 0 saturated heterocycles. The summed E-state index contributed by atoms with van der Waals surface area (Å²) in [6, 6.07) is 10.1. The number of hydrogen-bond donors (Lipinski definition) is 2. The Labute approximate surface area is 129 Å². The summed E-state index contributed by atoms with van der Waals surface area (Å²) in [6.07, 6.45) is 2.91. The molecule has 0 heterocycles. The second-order valence-electron chi connectivity index (χ2n) is 5.84. The Balaban J connectivity index is 1.84. The van der Waals surface area contributed by atoms with E-state index in [4.69, 9.17) is 5.73 Å². The Bertz CT molecular complexity index is 727. The predicted octanol–water partition coefficient (Wildman–Crippen LogP) is 3.52. The van der Waals surface area contributed by atoms with Crippen molar-refractivity contribution in [2.45, 2.75) is 32.2 Å². The van der Waals surface area contributed by atoms with Crippen LogP contribution in [-0.2, 0) is 6.42 Å². The van der Waals surface area contributed by atoms with Crippen LogP contribution in [-0.4, -0.2) is 5.91 Å². The summed E-state index contributed by atoms with van der Waals surface area (Å²) in [5.74, 6) is -0.486. The van der Waals surface area contributed by atoms with Crippen molar-refractivity contribution >= 4 is 11.6 Å². The van der Waals surface area contributed by atoms with Crippen molar-refractivity contribution in [3.63, 3.8) is 0 Å². The van der Waals surface area contributed by atoms with Crippen LogP contribution in [0.5, 0.6) is 0 Å². The molecule has 3 rings (SSSR count). The van der Waals surface area contributed by atoms with E-state index in [2.05, 4.69) is 5.32 Å². The van der Waals surface area contributed by atoms with E-state index >= 15 is 0 Å². The van der Waals surface area contributed by atoms with E-state index in [1.54, 1.807) is 6.92 Å². The minimum absolute atomic E-state index is 0.0127. The number of carbonyl (C=O) groups excluding carboxylic acids is 1. The van der Waals surface area contributed by atoms with Gasteiger partial charge in [-0.3, -0.25) is 4.79 Å². The highest BCUT2D eigenvalue weighted by molar-refractivity contribution is 5.95. The van der Waals surface area contributed by atoms with E-state index in [1.165, 1.54) is 23.8 Å². The van der Waals surface area contributed by atoms with E-state index in [9.17, 15) is 9.18 Å². The lowest BCUT2D eigenvalue weighted by Crippen LogP contribution is -2.31. The minimum atomic E-state index is -0.326. The number of nitrogen functional groups attached to an aromatic ring is 1. The standard InChI is InChI=1S/C18H19FN2O/c1-11-9-13(19)5-7-15(11)18(22)21-17-4-2-3-12-10-14(20)6-8-16(12)17/h5-10,17H,2-4,20H2,1H3,(H,21,22). The molecule has 0 fully saturated rings. The smallest absolute Gasteiger partial charge is 0.252 e. The Morgan fingerprint density at radius 3 is 2.86 bits per heavy atom. The van der Waals surface area contributed by atoms with Crippen LogP contribution in [0, 0.1) is 12.7 Å². The van der Waals surface area contributed by atoms with E-state index < -0.39 is 0 Å². The molecule has 22 heavy (non-hydrogen) atoms. The molecule has 1 unspecified atom stereocenters. The number of amides is 1. The first-order valence-electron chi connectivity index (χ1n) is 7.50. The zero-order valence-corrected chi connectivity index (χ0v) is 12.5. The molecule has 0 saturated carbocycles. The highest BCUT2D eigenvalue weighted by atomic mass is 19.1. The average molecular weight is 298 g/mol. The first-order valence-corrected chi connectivity index (χ1v) is 7.50. The Hall–Kier alpha value is -2.36. The van der Waals surface area contributed by atoms with Gasteiger partial charge in [-0.2, -0.15) is 0 Å². The van der Waals surface area contributed by atoms with Gasteiger partial charge in [-0.25, -0.2) is 4.39 Å². The fraction of sp³-hybridized carbons (Fsp3) is 0.278. The summed E-state index contributed by atoms with van der Waals surface area (Å²) >= 11 is 0. The van der Waals surface area contributed by atoms with E-state index in [0.717, 1.165) is 30.5 Å². The van der Waals surface area contributed by atoms with Gasteiger partial charge in [0, 0.05) is 11.3 Å². The third kappa shape index (κ3) is 2.82. The second kappa shape index (κ2) is 5.79. The number of fused-ring (bicyclic) bond motifs is 1. The molecule has 0 spiro atoms. The van der Waals surface area contributed by atoms with Gasteiger partial charge in [0.25, 0.3) is 5.91 Å². The Kier molecular flexibility index (Phi) is 3.84. The summed E-state index contributed by atoms with van der Waals surface area (Å²) in [4.78, 5) is 12.5. The van der Waals surface area contributed by atoms with Crippen molar-refractivity contribution in [1.29, 1.82) is 0 Å². The van der Waals surface area contributed by atoms with Crippen LogP contribution in [0.25, 0.3) is 0 Å². The van der Waals surface area contributed by atoms with Crippen LogP contribution in [0.1, 0.15) is 45.9 Å². The highest BCUT2D eigenvalue weighted by Crippen LogP contribution is 2.31. The van der Waals surface area contributed by atoms with Crippen LogP contribution < -0.4 is 11.1 Å². The normalized spacial score (nSPS) is 16.9. The minimum Gasteiger partial charge on any atom is -0.399 e. The molecule has 0 radical (unpaired) electrons. The molecule has 2 aromatic rings. The van der Waals surface area contributed by atoms with Gasteiger partial charge in [-0.1, -0.05) is 6.07 Å². The fourth-order valence-corrected chi connectivity index (χ4v) is 3.10. The third-order valence-corrected chi connectivity index (χ3v) is 4.22. The summed E-state index contributed by atoms with van der Waals surface area (Å²) < 4.78 is 13.2. The van der Waals surface area contributed by atoms with Gasteiger partial charge in [0.2, 0.25) is 0 Å². The van der Waals surface area contributed by atoms with Crippen molar-refractivity contribution < 1.29 is 9.18 Å². The van der Waals surface area contributed by atoms with Crippen molar-refractivity contribution in [2.24, 2.45) is 0 Å². The largest absolute Gasteiger partial charge is 0.399 e. The number of hydrogen-bond acceptors (Lipinski definition) is 2. The summed E-state index contributed by atoms with van der Waals surface area (Å²) in [7, 11) is 0. The van der Waals surface area contributed by atoms with Gasteiger partial charge in [-0.05, 0) is 73.2 Å². The lowest BCUT2D eigenvalue weighted by atomic mass is 9.87. The molecule has 1 amide bonds. The summed E-state index contributed by atoms with van der Waals surface area (Å²) in [6.45, 7) is 1.74. The third-order valence-electron chi connectivity index (χ3n) is 4.22. The highest BCUT2D eigenvalue weighted by Gasteiger charge is 2.23. The maximum Gasteiger partial charge on any atom is 0.252 e. The molecule has 0 aliphatic heterocycles. The van der Waals surface area contributed by atoms with Gasteiger partial charge in [0.1, 0.15) is 5.82 Å². The van der Waals surface area contributed by atoms with Gasteiger partial charge in [-0.15, -0.1) is 0 Å². The molecule has 1 aliphatic carbocycles. The number of rotatable bonds is 2. The van der Waals surface area contributed by atoms with Gasteiger partial charge in [0.05, 0.1) is 6.04 Å². The molecule has 0 bridgehead atoms. The quantitative estimate of drug-likeness (QED) is 0.833. The molecule has 2 aromatic carbocycles. The van der Waals surface area contributed by atoms with E-state index in [-0.39, 0.29) is 17.8 Å². The molecular weight excluding hydrogens is 279 g/mol. The van der Waals surface area contributed by atoms with Crippen LogP contribution >= 0.6 is 0 Å². The number of nitrogens with two attached hydrogens (primary N) is 1. The number of carbonyl (C=O) groups is 1. The van der Waals surface area contributed by atoms with E-state index in [1.807, 2.05) is 18.2 Å². The maximum absolute atomic E-state index is 13.2. The molecule has 4 heteroatoms. The van der Waals surface area contributed by atoms with Crippen LogP contribution in [0.15, 0.2) is 36.4 Å². The number of nitrogens with one attached hydrogen (secondary N) is 1. The molecule has 0 aromatic heterocycles. The van der Waals surface area contributed by atoms with Gasteiger partial charge in [0.15, 0.2) is 0 Å². The van der Waals surface area contributed by atoms with E-state index in [0.29, 0.717) is 11.1 Å². The number of benzene rings is 2. The second-order valence-corrected chi connectivity index (χ2v) is 5.84. The maximum atomic E-state index is 13.2. The molecule has 1 atom stereocenters. The summed E-state index contributed by atoms with van der Waals surface area (Å²) in [5, 5.41) is 3.07. The van der Waals surface area contributed by atoms with Gasteiger partial charge < -0.3 is 11.1 Å². The van der Waals surface area contributed by atoms with Crippen molar-refractivity contribution in [1.82, 2.24) is 5.32 Å². The van der Waals surface area contributed by atoms with Crippen molar-refractivity contribution in [3.05, 3.63) is 64.5 Å². The number of halogens is 1. The molecular formula is C18H19FN2O. The topological polar surface area (TPSA) is 55.1 Å². The van der Waals surface area contributed by atoms with Crippen LogP contribution in [0.4, 0.5) is 10.1 Å². The first kappa shape index (κ1) is 14.6. The van der Waals surface area contributed by atoms with Gasteiger partial charge >= 0.3 is 0 Å². The predicted molar refractivity (Wildman–Crippen MR) is 85.1 cm³/mol.